The molecule has 1 N–H and O–H groups in total. The standard InChI is InChI=1S/C13H8Cl4O2/c14-8-4-11(17)13(5-9(8)15)19-12-2-1-7(6-18)3-10(12)16/h1-5,18H,6H2. The molecule has 0 bridgehead atoms. The third kappa shape index (κ3) is 3.47. The van der Waals surface area contributed by atoms with E-state index in [1.807, 2.05) is 0 Å². The normalized spacial score (nSPS) is 10.6. The number of rotatable bonds is 3. The molecule has 0 aliphatic carbocycles. The van der Waals surface area contributed by atoms with E-state index in [4.69, 9.17) is 56.2 Å². The highest BCUT2D eigenvalue weighted by Crippen LogP contribution is 2.38. The summed E-state index contributed by atoms with van der Waals surface area (Å²) in [5, 5.41) is 10.4. The first kappa shape index (κ1) is 14.8. The Kier molecular flexibility index (Phi) is 4.82. The zero-order valence-electron chi connectivity index (χ0n) is 9.46. The first-order valence-corrected chi connectivity index (χ1v) is 6.74. The van der Waals surface area contributed by atoms with Gasteiger partial charge in [-0.1, -0.05) is 52.5 Å². The molecule has 0 aliphatic rings. The van der Waals surface area contributed by atoms with E-state index >= 15 is 0 Å². The van der Waals surface area contributed by atoms with E-state index in [9.17, 15) is 0 Å². The average Bonchev–Trinajstić information content (AvgIpc) is 2.38. The minimum absolute atomic E-state index is 0.0898. The van der Waals surface area contributed by atoms with Crippen molar-refractivity contribution < 1.29 is 9.84 Å². The van der Waals surface area contributed by atoms with Gasteiger partial charge in [0.05, 0.1) is 26.7 Å². The molecule has 0 radical (unpaired) electrons. The molecule has 0 unspecified atom stereocenters. The number of halogens is 4. The molecule has 0 amide bonds. The average molecular weight is 338 g/mol. The fraction of sp³-hybridized carbons (Fsp3) is 0.0769. The number of ether oxygens (including phenoxy) is 1. The SMILES string of the molecule is OCc1ccc(Oc2cc(Cl)c(Cl)cc2Cl)c(Cl)c1. The molecular weight excluding hydrogens is 330 g/mol. The number of hydrogen-bond donors (Lipinski definition) is 1. The van der Waals surface area contributed by atoms with Crippen molar-refractivity contribution in [2.45, 2.75) is 6.61 Å². The van der Waals surface area contributed by atoms with Crippen LogP contribution in [0, 0.1) is 0 Å². The van der Waals surface area contributed by atoms with E-state index in [2.05, 4.69) is 0 Å². The summed E-state index contributed by atoms with van der Waals surface area (Å²) in [7, 11) is 0. The molecule has 19 heavy (non-hydrogen) atoms. The number of benzene rings is 2. The van der Waals surface area contributed by atoms with Crippen molar-refractivity contribution in [2.75, 3.05) is 0 Å². The minimum Gasteiger partial charge on any atom is -0.454 e. The molecule has 0 atom stereocenters. The van der Waals surface area contributed by atoms with E-state index in [1.54, 1.807) is 18.2 Å². The largest absolute Gasteiger partial charge is 0.454 e. The molecule has 2 aromatic carbocycles. The monoisotopic (exact) mass is 336 g/mol. The molecule has 0 saturated heterocycles. The second kappa shape index (κ2) is 6.21. The third-order valence-electron chi connectivity index (χ3n) is 2.37. The van der Waals surface area contributed by atoms with Crippen molar-refractivity contribution in [1.29, 1.82) is 0 Å². The third-order valence-corrected chi connectivity index (χ3v) is 3.69. The summed E-state index contributed by atoms with van der Waals surface area (Å²) in [5.41, 5.74) is 0.692. The Labute approximate surface area is 130 Å². The summed E-state index contributed by atoms with van der Waals surface area (Å²) >= 11 is 23.8. The lowest BCUT2D eigenvalue weighted by Gasteiger charge is -2.11. The molecule has 0 spiro atoms. The van der Waals surface area contributed by atoms with Crippen LogP contribution in [0.3, 0.4) is 0 Å². The zero-order chi connectivity index (χ0) is 14.0. The number of aliphatic hydroxyl groups is 1. The van der Waals surface area contributed by atoms with Gasteiger partial charge in [-0.05, 0) is 23.8 Å². The highest BCUT2D eigenvalue weighted by molar-refractivity contribution is 6.43. The molecule has 0 aromatic heterocycles. The Morgan fingerprint density at radius 3 is 2.05 bits per heavy atom. The van der Waals surface area contributed by atoms with Gasteiger partial charge < -0.3 is 9.84 Å². The number of hydrogen-bond acceptors (Lipinski definition) is 2. The van der Waals surface area contributed by atoms with Crippen molar-refractivity contribution in [1.82, 2.24) is 0 Å². The summed E-state index contributed by atoms with van der Waals surface area (Å²) < 4.78 is 5.59. The van der Waals surface area contributed by atoms with E-state index in [0.29, 0.717) is 37.2 Å². The Bertz CT molecular complexity index is 614. The summed E-state index contributed by atoms with van der Waals surface area (Å²) in [4.78, 5) is 0. The van der Waals surface area contributed by atoms with Crippen LogP contribution in [0.1, 0.15) is 5.56 Å². The zero-order valence-corrected chi connectivity index (χ0v) is 12.5. The van der Waals surface area contributed by atoms with Crippen molar-refractivity contribution in [3.8, 4) is 11.5 Å². The molecule has 0 fully saturated rings. The Morgan fingerprint density at radius 1 is 0.789 bits per heavy atom. The summed E-state index contributed by atoms with van der Waals surface area (Å²) in [6, 6.07) is 7.97. The predicted molar refractivity (Wildman–Crippen MR) is 78.9 cm³/mol. The van der Waals surface area contributed by atoms with Crippen molar-refractivity contribution in [3.63, 3.8) is 0 Å². The summed E-state index contributed by atoms with van der Waals surface area (Å²) in [6.07, 6.45) is 0. The van der Waals surface area contributed by atoms with E-state index < -0.39 is 0 Å². The second-order valence-electron chi connectivity index (χ2n) is 3.72. The smallest absolute Gasteiger partial charge is 0.147 e. The second-order valence-corrected chi connectivity index (χ2v) is 5.35. The predicted octanol–water partition coefficient (Wildman–Crippen LogP) is 5.58. The van der Waals surface area contributed by atoms with Crippen LogP contribution in [-0.2, 0) is 6.61 Å². The fourth-order valence-electron chi connectivity index (χ4n) is 1.43. The van der Waals surface area contributed by atoms with Gasteiger partial charge >= 0.3 is 0 Å². The quantitative estimate of drug-likeness (QED) is 0.740. The summed E-state index contributed by atoms with van der Waals surface area (Å²) in [5.74, 6) is 0.772. The molecule has 6 heteroatoms. The van der Waals surface area contributed by atoms with Crippen molar-refractivity contribution in [2.24, 2.45) is 0 Å². The van der Waals surface area contributed by atoms with Crippen LogP contribution in [-0.4, -0.2) is 5.11 Å². The van der Waals surface area contributed by atoms with Crippen LogP contribution < -0.4 is 4.74 Å². The molecule has 2 aromatic rings. The molecule has 2 rings (SSSR count). The maximum absolute atomic E-state index is 9.00. The molecule has 100 valence electrons. The van der Waals surface area contributed by atoms with Crippen molar-refractivity contribution in [3.05, 3.63) is 56.0 Å². The maximum atomic E-state index is 9.00. The van der Waals surface area contributed by atoms with Gasteiger partial charge in [-0.25, -0.2) is 0 Å². The topological polar surface area (TPSA) is 29.5 Å². The van der Waals surface area contributed by atoms with Gasteiger partial charge in [0, 0.05) is 6.07 Å². The lowest BCUT2D eigenvalue weighted by atomic mass is 10.2. The summed E-state index contributed by atoms with van der Waals surface area (Å²) in [6.45, 7) is -0.0898. The van der Waals surface area contributed by atoms with Gasteiger partial charge in [-0.2, -0.15) is 0 Å². The molecule has 0 heterocycles. The van der Waals surface area contributed by atoms with Crippen molar-refractivity contribution >= 4 is 46.4 Å². The highest BCUT2D eigenvalue weighted by Gasteiger charge is 2.10. The molecular formula is C13H8Cl4O2. The first-order chi connectivity index (χ1) is 9.01. The lowest BCUT2D eigenvalue weighted by Crippen LogP contribution is -1.89. The molecule has 2 nitrogen and oxygen atoms in total. The van der Waals surface area contributed by atoms with Crippen LogP contribution in [0.15, 0.2) is 30.3 Å². The molecule has 0 aliphatic heterocycles. The van der Waals surface area contributed by atoms with Gasteiger partial charge in [-0.3, -0.25) is 0 Å². The Balaban J connectivity index is 2.33. The van der Waals surface area contributed by atoms with E-state index in [1.165, 1.54) is 12.1 Å². The highest BCUT2D eigenvalue weighted by atomic mass is 35.5. The molecule has 0 saturated carbocycles. The Morgan fingerprint density at radius 2 is 1.42 bits per heavy atom. The van der Waals surface area contributed by atoms with Gasteiger partial charge in [0.15, 0.2) is 0 Å². The van der Waals surface area contributed by atoms with Gasteiger partial charge in [0.1, 0.15) is 11.5 Å². The fourth-order valence-corrected chi connectivity index (χ4v) is 2.24. The van der Waals surface area contributed by atoms with E-state index in [0.717, 1.165) is 0 Å². The van der Waals surface area contributed by atoms with Crippen LogP contribution in [0.4, 0.5) is 0 Å². The van der Waals surface area contributed by atoms with Crippen LogP contribution in [0.2, 0.25) is 20.1 Å². The van der Waals surface area contributed by atoms with Crippen LogP contribution in [0.25, 0.3) is 0 Å². The lowest BCUT2D eigenvalue weighted by molar-refractivity contribution is 0.281. The van der Waals surface area contributed by atoms with Gasteiger partial charge in [0.2, 0.25) is 0 Å². The van der Waals surface area contributed by atoms with Gasteiger partial charge in [-0.15, -0.1) is 0 Å². The minimum atomic E-state index is -0.0898. The van der Waals surface area contributed by atoms with Crippen LogP contribution >= 0.6 is 46.4 Å². The van der Waals surface area contributed by atoms with Crippen LogP contribution in [0.5, 0.6) is 11.5 Å². The number of aliphatic hydroxyl groups excluding tert-OH is 1. The first-order valence-electron chi connectivity index (χ1n) is 5.23. The maximum Gasteiger partial charge on any atom is 0.147 e. The Hall–Kier alpha value is -0.640. The van der Waals surface area contributed by atoms with Gasteiger partial charge in [0.25, 0.3) is 0 Å². The van der Waals surface area contributed by atoms with E-state index in [-0.39, 0.29) is 6.61 Å².